The second-order valence-corrected chi connectivity index (χ2v) is 3.15. The Balaban J connectivity index is 3.29. The number of nitrogens with two attached hydrogens (primary N) is 1. The number of phenols is 1. The lowest BCUT2D eigenvalue weighted by Gasteiger charge is -2.00. The second-order valence-electron chi connectivity index (χ2n) is 3.15. The Kier molecular flexibility index (Phi) is 3.93. The van der Waals surface area contributed by atoms with Gasteiger partial charge < -0.3 is 10.8 Å². The Labute approximate surface area is 104 Å². The fourth-order valence-electron chi connectivity index (χ4n) is 1.13. The van der Waals surface area contributed by atoms with Gasteiger partial charge in [-0.25, -0.2) is 10.2 Å². The Bertz CT molecular complexity index is 583. The van der Waals surface area contributed by atoms with E-state index in [1.807, 2.05) is 0 Å². The van der Waals surface area contributed by atoms with Crippen LogP contribution in [-0.4, -0.2) is 27.2 Å². The van der Waals surface area contributed by atoms with Crippen molar-refractivity contribution in [2.24, 2.45) is 10.8 Å². The highest BCUT2D eigenvalue weighted by molar-refractivity contribution is 5.87. The molecule has 1 aromatic carbocycles. The van der Waals surface area contributed by atoms with Crippen LogP contribution in [0.25, 0.3) is 0 Å². The molecule has 0 saturated carbocycles. The smallest absolute Gasteiger partial charge is 0.332 e. The lowest BCUT2D eigenvalue weighted by atomic mass is 10.1. The SMILES string of the molecule is NC(=O)N/N=C\c1cc([N+](=O)[O-])cc([N+](=O)[O-])c1O. The van der Waals surface area contributed by atoms with E-state index in [-0.39, 0.29) is 5.56 Å². The molecular weight excluding hydrogens is 262 g/mol. The normalized spacial score (nSPS) is 10.3. The summed E-state index contributed by atoms with van der Waals surface area (Å²) < 4.78 is 0. The number of nitro benzene ring substituents is 2. The van der Waals surface area contributed by atoms with Crippen LogP contribution in [0, 0.1) is 20.2 Å². The quantitative estimate of drug-likeness (QED) is 0.400. The van der Waals surface area contributed by atoms with Crippen molar-refractivity contribution in [3.8, 4) is 5.75 Å². The van der Waals surface area contributed by atoms with Crippen molar-refractivity contribution in [1.82, 2.24) is 5.43 Å². The number of benzene rings is 1. The molecule has 0 aliphatic carbocycles. The van der Waals surface area contributed by atoms with E-state index in [9.17, 15) is 30.1 Å². The molecule has 0 heterocycles. The number of hydrogen-bond acceptors (Lipinski definition) is 7. The summed E-state index contributed by atoms with van der Waals surface area (Å²) in [6.07, 6.45) is 0.792. The van der Waals surface area contributed by atoms with E-state index in [0.717, 1.165) is 12.3 Å². The fourth-order valence-corrected chi connectivity index (χ4v) is 1.13. The van der Waals surface area contributed by atoms with Gasteiger partial charge in [0.1, 0.15) is 0 Å². The van der Waals surface area contributed by atoms with Crippen LogP contribution in [0.1, 0.15) is 5.56 Å². The van der Waals surface area contributed by atoms with Crippen molar-refractivity contribution in [2.45, 2.75) is 0 Å². The van der Waals surface area contributed by atoms with Gasteiger partial charge in [0.15, 0.2) is 0 Å². The van der Waals surface area contributed by atoms with Crippen LogP contribution in [0.4, 0.5) is 16.2 Å². The number of nitrogens with one attached hydrogen (secondary N) is 1. The summed E-state index contributed by atoms with van der Waals surface area (Å²) in [5.41, 5.74) is 4.72. The number of hydrazone groups is 1. The number of aromatic hydroxyl groups is 1. The third-order valence-corrected chi connectivity index (χ3v) is 1.89. The molecular formula is C8H7N5O6. The van der Waals surface area contributed by atoms with Gasteiger partial charge in [0.2, 0.25) is 5.75 Å². The maximum Gasteiger partial charge on any atom is 0.332 e. The zero-order chi connectivity index (χ0) is 14.6. The number of nitro groups is 2. The van der Waals surface area contributed by atoms with Crippen LogP contribution >= 0.6 is 0 Å². The first kappa shape index (κ1) is 13.8. The standard InChI is InChI=1S/C8H7N5O6/c9-8(15)11-10-3-4-1-5(12(16)17)2-6(7(4)14)13(18)19/h1-3,14H,(H3,9,11,15)/b10-3-. The minimum absolute atomic E-state index is 0.311. The molecule has 0 radical (unpaired) electrons. The Morgan fingerprint density at radius 1 is 1.37 bits per heavy atom. The summed E-state index contributed by atoms with van der Waals surface area (Å²) in [6, 6.07) is 0.457. The average Bonchev–Trinajstić information content (AvgIpc) is 2.30. The molecule has 4 N–H and O–H groups in total. The molecule has 11 nitrogen and oxygen atoms in total. The molecule has 0 aromatic heterocycles. The molecule has 0 unspecified atom stereocenters. The maximum absolute atomic E-state index is 10.6. The summed E-state index contributed by atoms with van der Waals surface area (Å²) in [4.78, 5) is 29.7. The minimum atomic E-state index is -1.00. The van der Waals surface area contributed by atoms with E-state index in [0.29, 0.717) is 6.07 Å². The van der Waals surface area contributed by atoms with E-state index in [2.05, 4.69) is 5.10 Å². The number of nitrogens with zero attached hydrogens (tertiary/aromatic N) is 3. The number of carbonyl (C=O) groups excluding carboxylic acids is 1. The van der Waals surface area contributed by atoms with E-state index in [1.165, 1.54) is 0 Å². The fraction of sp³-hybridized carbons (Fsp3) is 0. The molecule has 0 aliphatic rings. The largest absolute Gasteiger partial charge is 0.502 e. The number of urea groups is 1. The highest BCUT2D eigenvalue weighted by atomic mass is 16.6. The third kappa shape index (κ3) is 3.36. The lowest BCUT2D eigenvalue weighted by Crippen LogP contribution is -2.24. The summed E-state index contributed by atoms with van der Waals surface area (Å²) in [5, 5.41) is 34.0. The highest BCUT2D eigenvalue weighted by Crippen LogP contribution is 2.33. The van der Waals surface area contributed by atoms with E-state index in [4.69, 9.17) is 5.73 Å². The summed E-state index contributed by atoms with van der Waals surface area (Å²) in [6.45, 7) is 0. The van der Waals surface area contributed by atoms with Gasteiger partial charge in [-0.2, -0.15) is 5.10 Å². The topological polar surface area (TPSA) is 174 Å². The predicted octanol–water partition coefficient (Wildman–Crippen LogP) is 0.211. The lowest BCUT2D eigenvalue weighted by molar-refractivity contribution is -0.394. The van der Waals surface area contributed by atoms with Gasteiger partial charge in [-0.05, 0) is 0 Å². The van der Waals surface area contributed by atoms with Gasteiger partial charge in [-0.15, -0.1) is 0 Å². The monoisotopic (exact) mass is 269 g/mol. The molecule has 0 bridgehead atoms. The number of carbonyl (C=O) groups is 1. The highest BCUT2D eigenvalue weighted by Gasteiger charge is 2.22. The van der Waals surface area contributed by atoms with Crippen LogP contribution < -0.4 is 11.2 Å². The molecule has 1 rings (SSSR count). The van der Waals surface area contributed by atoms with Crippen LogP contribution in [0.2, 0.25) is 0 Å². The number of amides is 2. The molecule has 0 saturated heterocycles. The average molecular weight is 269 g/mol. The number of hydrogen-bond donors (Lipinski definition) is 3. The number of rotatable bonds is 4. The molecule has 2 amide bonds. The Hall–Kier alpha value is -3.24. The molecule has 1 aromatic rings. The maximum atomic E-state index is 10.6. The van der Waals surface area contributed by atoms with E-state index in [1.54, 1.807) is 5.43 Å². The van der Waals surface area contributed by atoms with Crippen LogP contribution in [-0.2, 0) is 0 Å². The molecule has 0 spiro atoms. The molecule has 11 heteroatoms. The second kappa shape index (κ2) is 5.39. The van der Waals surface area contributed by atoms with E-state index >= 15 is 0 Å². The van der Waals surface area contributed by atoms with Crippen LogP contribution in [0.3, 0.4) is 0 Å². The predicted molar refractivity (Wildman–Crippen MR) is 61.7 cm³/mol. The van der Waals surface area contributed by atoms with Gasteiger partial charge in [0, 0.05) is 6.07 Å². The Morgan fingerprint density at radius 2 is 2.00 bits per heavy atom. The van der Waals surface area contributed by atoms with Crippen molar-refractivity contribution in [3.05, 3.63) is 37.9 Å². The molecule has 0 fully saturated rings. The first-order valence-corrected chi connectivity index (χ1v) is 4.57. The van der Waals surface area contributed by atoms with E-state index < -0.39 is 33.0 Å². The first-order valence-electron chi connectivity index (χ1n) is 4.57. The van der Waals surface area contributed by atoms with Crippen molar-refractivity contribution in [2.75, 3.05) is 0 Å². The summed E-state index contributed by atoms with van der Waals surface area (Å²) in [5.74, 6) is -0.814. The van der Waals surface area contributed by atoms with Gasteiger partial charge in [0.25, 0.3) is 5.69 Å². The van der Waals surface area contributed by atoms with Gasteiger partial charge in [-0.3, -0.25) is 20.2 Å². The molecule has 100 valence electrons. The number of phenolic OH excluding ortho intramolecular Hbond substituents is 1. The van der Waals surface area contributed by atoms with Crippen LogP contribution in [0.15, 0.2) is 17.2 Å². The van der Waals surface area contributed by atoms with Crippen molar-refractivity contribution < 1.29 is 19.7 Å². The summed E-state index contributed by atoms with van der Waals surface area (Å²) in [7, 11) is 0. The number of primary amides is 1. The van der Waals surface area contributed by atoms with Gasteiger partial charge in [0.05, 0.1) is 27.7 Å². The molecule has 0 atom stereocenters. The zero-order valence-corrected chi connectivity index (χ0v) is 9.14. The van der Waals surface area contributed by atoms with Crippen LogP contribution in [0.5, 0.6) is 5.75 Å². The first-order chi connectivity index (χ1) is 8.82. The molecule has 0 aliphatic heterocycles. The number of non-ortho nitro benzene ring substituents is 1. The molecule has 19 heavy (non-hydrogen) atoms. The minimum Gasteiger partial charge on any atom is -0.502 e. The zero-order valence-electron chi connectivity index (χ0n) is 9.14. The third-order valence-electron chi connectivity index (χ3n) is 1.89. The van der Waals surface area contributed by atoms with Gasteiger partial charge >= 0.3 is 11.7 Å². The van der Waals surface area contributed by atoms with Crippen molar-refractivity contribution in [3.63, 3.8) is 0 Å². The Morgan fingerprint density at radius 3 is 2.47 bits per heavy atom. The van der Waals surface area contributed by atoms with Crippen molar-refractivity contribution in [1.29, 1.82) is 0 Å². The summed E-state index contributed by atoms with van der Waals surface area (Å²) >= 11 is 0. The van der Waals surface area contributed by atoms with Crippen molar-refractivity contribution >= 4 is 23.6 Å². The van der Waals surface area contributed by atoms with Gasteiger partial charge in [-0.1, -0.05) is 0 Å².